The van der Waals surface area contributed by atoms with Gasteiger partial charge in [-0.15, -0.1) is 0 Å². The fourth-order valence-corrected chi connectivity index (χ4v) is 3.03. The van der Waals surface area contributed by atoms with E-state index in [-0.39, 0.29) is 10.9 Å². The van der Waals surface area contributed by atoms with E-state index in [1.54, 1.807) is 0 Å². The first kappa shape index (κ1) is 16.0. The van der Waals surface area contributed by atoms with Crippen LogP contribution in [0.5, 0.6) is 0 Å². The van der Waals surface area contributed by atoms with Crippen molar-refractivity contribution in [2.45, 2.75) is 43.8 Å². The highest BCUT2D eigenvalue weighted by atomic mass is 32.2. The molecule has 0 saturated heterocycles. The molecule has 0 atom stereocenters. The maximum atomic E-state index is 12.5. The lowest BCUT2D eigenvalue weighted by Gasteiger charge is -2.15. The molecule has 0 heterocycles. The van der Waals surface area contributed by atoms with Crippen LogP contribution in [0, 0.1) is 0 Å². The Bertz CT molecular complexity index is 522. The first-order valence-corrected chi connectivity index (χ1v) is 7.38. The first-order valence-electron chi connectivity index (χ1n) is 5.90. The van der Waals surface area contributed by atoms with Crippen LogP contribution >= 0.6 is 0 Å². The van der Waals surface area contributed by atoms with Crippen LogP contribution < -0.4 is 4.72 Å². The van der Waals surface area contributed by atoms with Crippen LogP contribution in [0.15, 0.2) is 29.2 Å². The molecule has 0 aliphatic carbocycles. The van der Waals surface area contributed by atoms with Crippen LogP contribution in [-0.4, -0.2) is 14.5 Å². The van der Waals surface area contributed by atoms with Crippen molar-refractivity contribution in [3.8, 4) is 0 Å². The highest BCUT2D eigenvalue weighted by Gasteiger charge is 2.31. The summed E-state index contributed by atoms with van der Waals surface area (Å²) in [6.07, 6.45) is -3.40. The van der Waals surface area contributed by atoms with Crippen molar-refractivity contribution in [3.63, 3.8) is 0 Å². The monoisotopic (exact) mass is 295 g/mol. The van der Waals surface area contributed by atoms with Crippen LogP contribution in [0.3, 0.4) is 0 Å². The molecule has 0 aliphatic heterocycles. The second-order valence-electron chi connectivity index (χ2n) is 4.16. The van der Waals surface area contributed by atoms with Gasteiger partial charge < -0.3 is 0 Å². The number of benzene rings is 1. The van der Waals surface area contributed by atoms with E-state index in [0.29, 0.717) is 18.9 Å². The Balaban J connectivity index is 3.09. The zero-order valence-electron chi connectivity index (χ0n) is 10.7. The van der Waals surface area contributed by atoms with Crippen LogP contribution in [0.1, 0.15) is 32.3 Å². The van der Waals surface area contributed by atoms with Gasteiger partial charge in [-0.1, -0.05) is 19.9 Å². The largest absolute Gasteiger partial charge is 0.416 e. The van der Waals surface area contributed by atoms with E-state index >= 15 is 0 Å². The van der Waals surface area contributed by atoms with Crippen molar-refractivity contribution in [1.82, 2.24) is 4.72 Å². The number of hydrogen-bond donors (Lipinski definition) is 1. The number of nitrogens with one attached hydrogen (secondary N) is 1. The lowest BCUT2D eigenvalue weighted by molar-refractivity contribution is -0.137. The van der Waals surface area contributed by atoms with Crippen LogP contribution in [0.2, 0.25) is 0 Å². The number of halogens is 3. The molecule has 1 rings (SSSR count). The Morgan fingerprint density at radius 2 is 1.79 bits per heavy atom. The molecule has 1 aromatic carbocycles. The molecule has 0 bridgehead atoms. The van der Waals surface area contributed by atoms with Crippen LogP contribution in [0.25, 0.3) is 0 Å². The standard InChI is InChI=1S/C12H16F3NO2S/c1-3-10(4-2)16-19(17,18)11-7-5-6-9(8-11)12(13,14)15/h5-8,10,16H,3-4H2,1-2H3. The third kappa shape index (κ3) is 4.21. The minimum absolute atomic E-state index is 0.278. The van der Waals surface area contributed by atoms with E-state index in [1.807, 2.05) is 13.8 Å². The molecule has 19 heavy (non-hydrogen) atoms. The van der Waals surface area contributed by atoms with E-state index in [0.717, 1.165) is 18.2 Å². The Kier molecular flexibility index (Phi) is 4.98. The molecule has 0 radical (unpaired) electrons. The third-order valence-electron chi connectivity index (χ3n) is 2.78. The predicted molar refractivity (Wildman–Crippen MR) is 66.1 cm³/mol. The second kappa shape index (κ2) is 5.92. The number of rotatable bonds is 5. The first-order chi connectivity index (χ1) is 8.70. The van der Waals surface area contributed by atoms with E-state index in [1.165, 1.54) is 0 Å². The number of hydrogen-bond acceptors (Lipinski definition) is 2. The molecule has 1 aromatic rings. The maximum absolute atomic E-state index is 12.5. The topological polar surface area (TPSA) is 46.2 Å². The van der Waals surface area contributed by atoms with Crippen molar-refractivity contribution in [2.24, 2.45) is 0 Å². The average molecular weight is 295 g/mol. The van der Waals surface area contributed by atoms with Gasteiger partial charge in [0.1, 0.15) is 0 Å². The summed E-state index contributed by atoms with van der Waals surface area (Å²) in [6, 6.07) is 3.45. The van der Waals surface area contributed by atoms with Gasteiger partial charge in [0.25, 0.3) is 0 Å². The van der Waals surface area contributed by atoms with Gasteiger partial charge in [0, 0.05) is 6.04 Å². The minimum atomic E-state index is -4.56. The van der Waals surface area contributed by atoms with Crippen molar-refractivity contribution in [1.29, 1.82) is 0 Å². The lowest BCUT2D eigenvalue weighted by atomic mass is 10.2. The lowest BCUT2D eigenvalue weighted by Crippen LogP contribution is -2.33. The smallest absolute Gasteiger partial charge is 0.208 e. The molecule has 0 spiro atoms. The van der Waals surface area contributed by atoms with Crippen molar-refractivity contribution < 1.29 is 21.6 Å². The fraction of sp³-hybridized carbons (Fsp3) is 0.500. The zero-order chi connectivity index (χ0) is 14.7. The molecule has 7 heteroatoms. The van der Waals surface area contributed by atoms with E-state index in [9.17, 15) is 21.6 Å². The Labute approximate surface area is 110 Å². The average Bonchev–Trinajstić information content (AvgIpc) is 2.35. The van der Waals surface area contributed by atoms with E-state index in [4.69, 9.17) is 0 Å². The summed E-state index contributed by atoms with van der Waals surface area (Å²) in [5.74, 6) is 0. The molecular weight excluding hydrogens is 279 g/mol. The quantitative estimate of drug-likeness (QED) is 0.907. The zero-order valence-corrected chi connectivity index (χ0v) is 11.5. The van der Waals surface area contributed by atoms with Gasteiger partial charge in [-0.05, 0) is 31.0 Å². The van der Waals surface area contributed by atoms with Gasteiger partial charge in [0.2, 0.25) is 10.0 Å². The Morgan fingerprint density at radius 1 is 1.21 bits per heavy atom. The molecule has 1 N–H and O–H groups in total. The summed E-state index contributed by atoms with van der Waals surface area (Å²) in [4.78, 5) is -0.366. The van der Waals surface area contributed by atoms with Crippen LogP contribution in [0.4, 0.5) is 13.2 Å². The summed E-state index contributed by atoms with van der Waals surface area (Å²) in [7, 11) is -3.92. The van der Waals surface area contributed by atoms with E-state index < -0.39 is 21.8 Å². The van der Waals surface area contributed by atoms with Crippen molar-refractivity contribution in [2.75, 3.05) is 0 Å². The highest BCUT2D eigenvalue weighted by molar-refractivity contribution is 7.89. The van der Waals surface area contributed by atoms with Gasteiger partial charge in [0.05, 0.1) is 10.5 Å². The molecule has 0 fully saturated rings. The molecule has 0 aromatic heterocycles. The summed E-state index contributed by atoms with van der Waals surface area (Å²) in [5, 5.41) is 0. The molecule has 3 nitrogen and oxygen atoms in total. The highest BCUT2D eigenvalue weighted by Crippen LogP contribution is 2.30. The summed E-state index contributed by atoms with van der Waals surface area (Å²) in [6.45, 7) is 3.62. The molecule has 0 saturated carbocycles. The van der Waals surface area contributed by atoms with Gasteiger partial charge in [-0.25, -0.2) is 13.1 Å². The van der Waals surface area contributed by atoms with Gasteiger partial charge >= 0.3 is 6.18 Å². The molecule has 0 amide bonds. The minimum Gasteiger partial charge on any atom is -0.208 e. The van der Waals surface area contributed by atoms with Gasteiger partial charge in [0.15, 0.2) is 0 Å². The van der Waals surface area contributed by atoms with Crippen molar-refractivity contribution >= 4 is 10.0 Å². The fourth-order valence-electron chi connectivity index (χ4n) is 1.58. The van der Waals surface area contributed by atoms with E-state index in [2.05, 4.69) is 4.72 Å². The van der Waals surface area contributed by atoms with Crippen molar-refractivity contribution in [3.05, 3.63) is 29.8 Å². The normalized spacial score (nSPS) is 12.9. The Hall–Kier alpha value is -1.08. The Morgan fingerprint density at radius 3 is 2.26 bits per heavy atom. The summed E-state index contributed by atoms with van der Waals surface area (Å²) in [5.41, 5.74) is -0.972. The number of sulfonamides is 1. The summed E-state index contributed by atoms with van der Waals surface area (Å²) < 4.78 is 63.9. The maximum Gasteiger partial charge on any atom is 0.416 e. The molecular formula is C12H16F3NO2S. The second-order valence-corrected chi connectivity index (χ2v) is 5.87. The van der Waals surface area contributed by atoms with Gasteiger partial charge in [-0.2, -0.15) is 13.2 Å². The third-order valence-corrected chi connectivity index (χ3v) is 4.30. The molecule has 0 unspecified atom stereocenters. The van der Waals surface area contributed by atoms with Crippen LogP contribution in [-0.2, 0) is 16.2 Å². The molecule has 0 aliphatic rings. The number of alkyl halides is 3. The summed E-state index contributed by atoms with van der Waals surface area (Å²) >= 11 is 0. The van der Waals surface area contributed by atoms with Gasteiger partial charge in [-0.3, -0.25) is 0 Å². The predicted octanol–water partition coefficient (Wildman–Crippen LogP) is 3.17. The molecule has 108 valence electrons. The SMILES string of the molecule is CCC(CC)NS(=O)(=O)c1cccc(C(F)(F)F)c1.